The first kappa shape index (κ1) is 15.4. The average molecular weight is 329 g/mol. The minimum absolute atomic E-state index is 0.256. The van der Waals surface area contributed by atoms with Gasteiger partial charge in [-0.2, -0.15) is 9.61 Å². The number of methoxy groups -OCH3 is 1. The summed E-state index contributed by atoms with van der Waals surface area (Å²) in [6, 6.07) is 9.21. The molecule has 0 radical (unpaired) electrons. The lowest BCUT2D eigenvalue weighted by atomic mass is 10.3. The Labute approximate surface area is 137 Å². The molecule has 8 heteroatoms. The number of nitrogens with zero attached hydrogens (tertiary/aromatic N) is 5. The smallest absolute Gasteiger partial charge is 0.319 e. The molecule has 0 aliphatic carbocycles. The molecule has 0 bridgehead atoms. The van der Waals surface area contributed by atoms with Gasteiger partial charge in [0.15, 0.2) is 5.65 Å². The Bertz CT molecular complexity index is 821. The normalized spacial score (nSPS) is 12.3. The van der Waals surface area contributed by atoms with Crippen molar-refractivity contribution < 1.29 is 9.53 Å². The zero-order chi connectivity index (χ0) is 16.2. The van der Waals surface area contributed by atoms with Crippen molar-refractivity contribution in [2.24, 2.45) is 0 Å². The van der Waals surface area contributed by atoms with Crippen molar-refractivity contribution in [3.05, 3.63) is 36.5 Å². The third-order valence-electron chi connectivity index (χ3n) is 3.23. The van der Waals surface area contributed by atoms with Crippen LogP contribution in [-0.4, -0.2) is 43.1 Å². The molecule has 3 heterocycles. The molecule has 1 atom stereocenters. The highest BCUT2D eigenvalue weighted by atomic mass is 32.2. The molecule has 0 amide bonds. The zero-order valence-electron chi connectivity index (χ0n) is 12.7. The average Bonchev–Trinajstić information content (AvgIpc) is 3.03. The molecule has 7 nitrogen and oxygen atoms in total. The molecule has 0 N–H and O–H groups in total. The largest absolute Gasteiger partial charge is 0.468 e. The van der Waals surface area contributed by atoms with E-state index in [2.05, 4.69) is 20.3 Å². The van der Waals surface area contributed by atoms with E-state index in [9.17, 15) is 4.79 Å². The molecule has 0 spiro atoms. The lowest BCUT2D eigenvalue weighted by Gasteiger charge is -2.11. The fraction of sp³-hybridized carbons (Fsp3) is 0.267. The Kier molecular flexibility index (Phi) is 4.52. The van der Waals surface area contributed by atoms with E-state index in [1.807, 2.05) is 37.3 Å². The van der Waals surface area contributed by atoms with Gasteiger partial charge in [-0.25, -0.2) is 0 Å². The minimum Gasteiger partial charge on any atom is -0.468 e. The SMILES string of the molecule is CC[C@@H](Sc1ccc2nnc(-c3ccccn3)n2n1)C(=O)OC. The number of ether oxygens (including phenoxy) is 1. The summed E-state index contributed by atoms with van der Waals surface area (Å²) in [6.45, 7) is 1.94. The summed E-state index contributed by atoms with van der Waals surface area (Å²) >= 11 is 1.36. The summed E-state index contributed by atoms with van der Waals surface area (Å²) in [5, 5.41) is 13.2. The van der Waals surface area contributed by atoms with Gasteiger partial charge in [-0.3, -0.25) is 9.78 Å². The first-order chi connectivity index (χ1) is 11.2. The van der Waals surface area contributed by atoms with E-state index in [0.29, 0.717) is 28.6 Å². The molecule has 0 fully saturated rings. The Morgan fingerprint density at radius 1 is 1.30 bits per heavy atom. The number of thioether (sulfide) groups is 1. The predicted octanol–water partition coefficient (Wildman–Crippen LogP) is 2.23. The number of rotatable bonds is 5. The third-order valence-corrected chi connectivity index (χ3v) is 4.50. The lowest BCUT2D eigenvalue weighted by Crippen LogP contribution is -2.18. The van der Waals surface area contributed by atoms with Crippen LogP contribution < -0.4 is 0 Å². The number of esters is 1. The molecular weight excluding hydrogens is 314 g/mol. The van der Waals surface area contributed by atoms with Crippen LogP contribution in [0.2, 0.25) is 0 Å². The van der Waals surface area contributed by atoms with E-state index in [-0.39, 0.29) is 11.2 Å². The summed E-state index contributed by atoms with van der Waals surface area (Å²) in [4.78, 5) is 16.0. The highest BCUT2D eigenvalue weighted by molar-refractivity contribution is 8.00. The Morgan fingerprint density at radius 2 is 2.17 bits per heavy atom. The van der Waals surface area contributed by atoms with Crippen molar-refractivity contribution in [3.63, 3.8) is 0 Å². The molecule has 3 aromatic rings. The van der Waals surface area contributed by atoms with Gasteiger partial charge in [-0.05, 0) is 30.7 Å². The van der Waals surface area contributed by atoms with Gasteiger partial charge < -0.3 is 4.74 Å². The molecule has 3 rings (SSSR count). The maximum Gasteiger partial charge on any atom is 0.319 e. The first-order valence-corrected chi connectivity index (χ1v) is 7.99. The monoisotopic (exact) mass is 329 g/mol. The van der Waals surface area contributed by atoms with E-state index in [4.69, 9.17) is 4.74 Å². The van der Waals surface area contributed by atoms with Crippen molar-refractivity contribution in [3.8, 4) is 11.5 Å². The fourth-order valence-corrected chi connectivity index (χ4v) is 2.99. The third kappa shape index (κ3) is 3.16. The number of hydrogen-bond donors (Lipinski definition) is 0. The van der Waals surface area contributed by atoms with E-state index in [1.54, 1.807) is 10.7 Å². The topological polar surface area (TPSA) is 82.3 Å². The number of fused-ring (bicyclic) bond motifs is 1. The van der Waals surface area contributed by atoms with Crippen LogP contribution in [0.5, 0.6) is 0 Å². The second-order valence-corrected chi connectivity index (χ2v) is 5.94. The van der Waals surface area contributed by atoms with Crippen LogP contribution in [0.15, 0.2) is 41.6 Å². The Balaban J connectivity index is 1.96. The van der Waals surface area contributed by atoms with Crippen molar-refractivity contribution in [1.82, 2.24) is 24.8 Å². The van der Waals surface area contributed by atoms with Crippen LogP contribution in [0, 0.1) is 0 Å². The summed E-state index contributed by atoms with van der Waals surface area (Å²) < 4.78 is 6.45. The van der Waals surface area contributed by atoms with Crippen LogP contribution in [0.3, 0.4) is 0 Å². The number of carbonyl (C=O) groups excluding carboxylic acids is 1. The lowest BCUT2D eigenvalue weighted by molar-refractivity contribution is -0.140. The highest BCUT2D eigenvalue weighted by Gasteiger charge is 2.20. The predicted molar refractivity (Wildman–Crippen MR) is 86.0 cm³/mol. The molecule has 0 aliphatic heterocycles. The van der Waals surface area contributed by atoms with Crippen molar-refractivity contribution in [2.75, 3.05) is 7.11 Å². The molecular formula is C15H15N5O2S. The molecule has 0 saturated heterocycles. The van der Waals surface area contributed by atoms with E-state index < -0.39 is 0 Å². The van der Waals surface area contributed by atoms with Crippen molar-refractivity contribution in [2.45, 2.75) is 23.6 Å². The molecule has 0 aromatic carbocycles. The van der Waals surface area contributed by atoms with Gasteiger partial charge in [0.25, 0.3) is 0 Å². The van der Waals surface area contributed by atoms with Crippen LogP contribution in [-0.2, 0) is 9.53 Å². The van der Waals surface area contributed by atoms with Gasteiger partial charge in [0.1, 0.15) is 16.0 Å². The molecule has 0 saturated carbocycles. The summed E-state index contributed by atoms with van der Waals surface area (Å²) in [6.07, 6.45) is 2.35. The van der Waals surface area contributed by atoms with Gasteiger partial charge in [-0.1, -0.05) is 24.8 Å². The Hall–Kier alpha value is -2.48. The second kappa shape index (κ2) is 6.74. The maximum atomic E-state index is 11.7. The molecule has 118 valence electrons. The van der Waals surface area contributed by atoms with Gasteiger partial charge in [-0.15, -0.1) is 10.2 Å². The number of pyridine rings is 1. The van der Waals surface area contributed by atoms with Crippen LogP contribution >= 0.6 is 11.8 Å². The van der Waals surface area contributed by atoms with Gasteiger partial charge >= 0.3 is 5.97 Å². The maximum absolute atomic E-state index is 11.7. The number of carbonyl (C=O) groups is 1. The fourth-order valence-electron chi connectivity index (χ4n) is 2.06. The Morgan fingerprint density at radius 3 is 2.87 bits per heavy atom. The van der Waals surface area contributed by atoms with Crippen LogP contribution in [0.4, 0.5) is 0 Å². The number of aromatic nitrogens is 5. The van der Waals surface area contributed by atoms with Gasteiger partial charge in [0.2, 0.25) is 5.82 Å². The molecule has 0 unspecified atom stereocenters. The first-order valence-electron chi connectivity index (χ1n) is 7.11. The van der Waals surface area contributed by atoms with Gasteiger partial charge in [0.05, 0.1) is 7.11 Å². The zero-order valence-corrected chi connectivity index (χ0v) is 13.5. The van der Waals surface area contributed by atoms with Crippen LogP contribution in [0.1, 0.15) is 13.3 Å². The van der Waals surface area contributed by atoms with E-state index in [1.165, 1.54) is 18.9 Å². The highest BCUT2D eigenvalue weighted by Crippen LogP contribution is 2.25. The quantitative estimate of drug-likeness (QED) is 0.524. The van der Waals surface area contributed by atoms with E-state index >= 15 is 0 Å². The van der Waals surface area contributed by atoms with Gasteiger partial charge in [0, 0.05) is 6.20 Å². The summed E-state index contributed by atoms with van der Waals surface area (Å²) in [7, 11) is 1.39. The minimum atomic E-state index is -0.292. The summed E-state index contributed by atoms with van der Waals surface area (Å²) in [5.74, 6) is 0.308. The molecule has 3 aromatic heterocycles. The second-order valence-electron chi connectivity index (χ2n) is 4.72. The summed E-state index contributed by atoms with van der Waals surface area (Å²) in [5.41, 5.74) is 1.32. The molecule has 0 aliphatic rings. The van der Waals surface area contributed by atoms with E-state index in [0.717, 1.165) is 0 Å². The van der Waals surface area contributed by atoms with Crippen LogP contribution in [0.25, 0.3) is 17.2 Å². The molecule has 23 heavy (non-hydrogen) atoms. The standard InChI is InChI=1S/C15H15N5O2S/c1-3-11(15(21)22-2)23-13-8-7-12-17-18-14(20(12)19-13)10-6-4-5-9-16-10/h4-9,11H,3H2,1-2H3/t11-/m1/s1. The van der Waals surface area contributed by atoms with Crippen molar-refractivity contribution >= 4 is 23.4 Å². The number of hydrogen-bond acceptors (Lipinski definition) is 7. The van der Waals surface area contributed by atoms with Crippen molar-refractivity contribution in [1.29, 1.82) is 0 Å².